The summed E-state index contributed by atoms with van der Waals surface area (Å²) in [7, 11) is 0. The Bertz CT molecular complexity index is 602. The van der Waals surface area contributed by atoms with Gasteiger partial charge in [0.15, 0.2) is 5.82 Å². The number of benzene rings is 1. The van der Waals surface area contributed by atoms with Gasteiger partial charge in [-0.05, 0) is 37.5 Å². The molecule has 1 fully saturated rings. The second-order valence-corrected chi connectivity index (χ2v) is 5.68. The fourth-order valence-corrected chi connectivity index (χ4v) is 2.87. The standard InChI is InChI=1S/C14H16ClN3O/c1-9-4-5-10(11(15)8-9)12-17-13(18-19-12)14(16)6-2-3-7-14/h4-5,8H,2-3,6-7,16H2,1H3. The van der Waals surface area contributed by atoms with Crippen molar-refractivity contribution in [3.05, 3.63) is 34.6 Å². The van der Waals surface area contributed by atoms with Crippen molar-refractivity contribution in [1.82, 2.24) is 10.1 Å². The van der Waals surface area contributed by atoms with Gasteiger partial charge in [0.2, 0.25) is 0 Å². The van der Waals surface area contributed by atoms with Crippen LogP contribution in [0, 0.1) is 6.92 Å². The number of hydrogen-bond donors (Lipinski definition) is 1. The van der Waals surface area contributed by atoms with Crippen molar-refractivity contribution in [2.75, 3.05) is 0 Å². The Hall–Kier alpha value is -1.39. The monoisotopic (exact) mass is 277 g/mol. The van der Waals surface area contributed by atoms with E-state index in [2.05, 4.69) is 10.1 Å². The molecule has 1 aromatic carbocycles. The Balaban J connectivity index is 1.97. The molecular formula is C14H16ClN3O. The van der Waals surface area contributed by atoms with Crippen molar-refractivity contribution >= 4 is 11.6 Å². The highest BCUT2D eigenvalue weighted by Crippen LogP contribution is 2.36. The van der Waals surface area contributed by atoms with Crippen LogP contribution in [-0.4, -0.2) is 10.1 Å². The lowest BCUT2D eigenvalue weighted by Gasteiger charge is -2.17. The van der Waals surface area contributed by atoms with Crippen LogP contribution in [0.3, 0.4) is 0 Å². The molecule has 4 nitrogen and oxygen atoms in total. The first kappa shape index (κ1) is 12.6. The maximum absolute atomic E-state index is 6.32. The van der Waals surface area contributed by atoms with Gasteiger partial charge in [0.05, 0.1) is 16.1 Å². The fourth-order valence-electron chi connectivity index (χ4n) is 2.56. The second-order valence-electron chi connectivity index (χ2n) is 5.27. The molecule has 0 amide bonds. The van der Waals surface area contributed by atoms with Gasteiger partial charge < -0.3 is 10.3 Å². The number of hydrogen-bond acceptors (Lipinski definition) is 4. The molecule has 1 aliphatic carbocycles. The van der Waals surface area contributed by atoms with E-state index >= 15 is 0 Å². The second kappa shape index (κ2) is 4.62. The van der Waals surface area contributed by atoms with Crippen LogP contribution in [0.2, 0.25) is 5.02 Å². The summed E-state index contributed by atoms with van der Waals surface area (Å²) in [5.41, 5.74) is 7.74. The molecule has 0 aliphatic heterocycles. The fraction of sp³-hybridized carbons (Fsp3) is 0.429. The van der Waals surface area contributed by atoms with Crippen molar-refractivity contribution in [3.63, 3.8) is 0 Å². The molecule has 0 bridgehead atoms. The Labute approximate surface area is 117 Å². The van der Waals surface area contributed by atoms with Crippen molar-refractivity contribution < 1.29 is 4.52 Å². The molecule has 0 atom stereocenters. The molecule has 0 saturated heterocycles. The minimum atomic E-state index is -0.432. The molecule has 0 spiro atoms. The van der Waals surface area contributed by atoms with Crippen LogP contribution < -0.4 is 5.73 Å². The Morgan fingerprint density at radius 3 is 2.74 bits per heavy atom. The summed E-state index contributed by atoms with van der Waals surface area (Å²) in [6.07, 6.45) is 4.05. The number of nitrogens with zero attached hydrogens (tertiary/aromatic N) is 2. The number of halogens is 1. The molecule has 0 unspecified atom stereocenters. The van der Waals surface area contributed by atoms with E-state index in [9.17, 15) is 0 Å². The third-order valence-corrected chi connectivity index (χ3v) is 4.03. The lowest BCUT2D eigenvalue weighted by Crippen LogP contribution is -2.34. The summed E-state index contributed by atoms with van der Waals surface area (Å²) in [6, 6.07) is 5.75. The highest BCUT2D eigenvalue weighted by atomic mass is 35.5. The van der Waals surface area contributed by atoms with E-state index < -0.39 is 5.54 Å². The highest BCUT2D eigenvalue weighted by Gasteiger charge is 2.36. The van der Waals surface area contributed by atoms with Gasteiger partial charge in [0.25, 0.3) is 5.89 Å². The van der Waals surface area contributed by atoms with Gasteiger partial charge in [-0.25, -0.2) is 0 Å². The van der Waals surface area contributed by atoms with Crippen LogP contribution >= 0.6 is 11.6 Å². The lowest BCUT2D eigenvalue weighted by molar-refractivity contribution is 0.372. The Kier molecular flexibility index (Phi) is 3.07. The SMILES string of the molecule is Cc1ccc(-c2nc(C3(N)CCCC3)no2)c(Cl)c1. The highest BCUT2D eigenvalue weighted by molar-refractivity contribution is 6.33. The number of aryl methyl sites for hydroxylation is 1. The third-order valence-electron chi connectivity index (χ3n) is 3.72. The van der Waals surface area contributed by atoms with Crippen molar-refractivity contribution in [2.24, 2.45) is 5.73 Å². The molecule has 1 aliphatic rings. The van der Waals surface area contributed by atoms with Crippen LogP contribution in [0.1, 0.15) is 37.1 Å². The molecule has 0 radical (unpaired) electrons. The molecule has 1 heterocycles. The summed E-state index contributed by atoms with van der Waals surface area (Å²) < 4.78 is 5.32. The van der Waals surface area contributed by atoms with Gasteiger partial charge in [-0.3, -0.25) is 0 Å². The van der Waals surface area contributed by atoms with Crippen LogP contribution in [0.4, 0.5) is 0 Å². The van der Waals surface area contributed by atoms with E-state index in [4.69, 9.17) is 21.9 Å². The van der Waals surface area contributed by atoms with E-state index in [1.165, 1.54) is 0 Å². The van der Waals surface area contributed by atoms with Gasteiger partial charge in [0.1, 0.15) is 0 Å². The minimum Gasteiger partial charge on any atom is -0.334 e. The quantitative estimate of drug-likeness (QED) is 0.913. The van der Waals surface area contributed by atoms with E-state index in [1.807, 2.05) is 25.1 Å². The van der Waals surface area contributed by atoms with Crippen LogP contribution in [-0.2, 0) is 5.54 Å². The topological polar surface area (TPSA) is 64.9 Å². The van der Waals surface area contributed by atoms with E-state index in [-0.39, 0.29) is 0 Å². The zero-order valence-corrected chi connectivity index (χ0v) is 11.6. The predicted molar refractivity (Wildman–Crippen MR) is 73.8 cm³/mol. The first-order chi connectivity index (χ1) is 9.08. The molecule has 100 valence electrons. The molecule has 2 aromatic rings. The van der Waals surface area contributed by atoms with Gasteiger partial charge in [-0.15, -0.1) is 0 Å². The summed E-state index contributed by atoms with van der Waals surface area (Å²) >= 11 is 6.21. The molecule has 1 saturated carbocycles. The van der Waals surface area contributed by atoms with Gasteiger partial charge in [0, 0.05) is 0 Å². The molecule has 2 N–H and O–H groups in total. The normalized spacial score (nSPS) is 17.8. The summed E-state index contributed by atoms with van der Waals surface area (Å²) in [5.74, 6) is 1.04. The lowest BCUT2D eigenvalue weighted by atomic mass is 9.99. The van der Waals surface area contributed by atoms with Crippen molar-refractivity contribution in [1.29, 1.82) is 0 Å². The largest absolute Gasteiger partial charge is 0.334 e. The number of aromatic nitrogens is 2. The van der Waals surface area contributed by atoms with Crippen LogP contribution in [0.25, 0.3) is 11.5 Å². The van der Waals surface area contributed by atoms with E-state index in [0.717, 1.165) is 36.8 Å². The average Bonchev–Trinajstić information content (AvgIpc) is 2.99. The zero-order chi connectivity index (χ0) is 13.5. The summed E-state index contributed by atoms with van der Waals surface area (Å²) in [5, 5.41) is 4.66. The van der Waals surface area contributed by atoms with Crippen LogP contribution in [0.5, 0.6) is 0 Å². The zero-order valence-electron chi connectivity index (χ0n) is 10.8. The minimum absolute atomic E-state index is 0.432. The Morgan fingerprint density at radius 1 is 1.32 bits per heavy atom. The molecule has 1 aromatic heterocycles. The average molecular weight is 278 g/mol. The van der Waals surface area contributed by atoms with Gasteiger partial charge in [-0.1, -0.05) is 35.7 Å². The van der Waals surface area contributed by atoms with Gasteiger partial charge >= 0.3 is 0 Å². The summed E-state index contributed by atoms with van der Waals surface area (Å²) in [4.78, 5) is 4.44. The smallest absolute Gasteiger partial charge is 0.259 e. The maximum Gasteiger partial charge on any atom is 0.259 e. The van der Waals surface area contributed by atoms with Crippen LogP contribution in [0.15, 0.2) is 22.7 Å². The molecule has 5 heteroatoms. The molecular weight excluding hydrogens is 262 g/mol. The Morgan fingerprint density at radius 2 is 2.05 bits per heavy atom. The maximum atomic E-state index is 6.32. The summed E-state index contributed by atoms with van der Waals surface area (Å²) in [6.45, 7) is 1.99. The van der Waals surface area contributed by atoms with E-state index in [1.54, 1.807) is 0 Å². The first-order valence-electron chi connectivity index (χ1n) is 6.48. The third kappa shape index (κ3) is 2.26. The first-order valence-corrected chi connectivity index (χ1v) is 6.86. The van der Waals surface area contributed by atoms with Gasteiger partial charge in [-0.2, -0.15) is 4.98 Å². The predicted octanol–water partition coefficient (Wildman–Crippen LogP) is 3.43. The van der Waals surface area contributed by atoms with Crippen molar-refractivity contribution in [2.45, 2.75) is 38.1 Å². The van der Waals surface area contributed by atoms with E-state index in [0.29, 0.717) is 16.7 Å². The molecule has 19 heavy (non-hydrogen) atoms. The number of rotatable bonds is 2. The molecule has 3 rings (SSSR count). The number of nitrogens with two attached hydrogens (primary N) is 1. The van der Waals surface area contributed by atoms with Crippen molar-refractivity contribution in [3.8, 4) is 11.5 Å².